The Kier molecular flexibility index (Phi) is 4.52. The fourth-order valence-corrected chi connectivity index (χ4v) is 1.96. The van der Waals surface area contributed by atoms with Gasteiger partial charge in [-0.3, -0.25) is 0 Å². The second-order valence-corrected chi connectivity index (χ2v) is 4.37. The van der Waals surface area contributed by atoms with Crippen LogP contribution >= 0.6 is 0 Å². The number of nitrogens with zero attached hydrogens (tertiary/aromatic N) is 2. The summed E-state index contributed by atoms with van der Waals surface area (Å²) >= 11 is 0. The van der Waals surface area contributed by atoms with Gasteiger partial charge in [-0.25, -0.2) is 0 Å². The monoisotopic (exact) mass is 261 g/mol. The summed E-state index contributed by atoms with van der Waals surface area (Å²) in [6.45, 7) is 5.09. The third kappa shape index (κ3) is 3.32. The van der Waals surface area contributed by atoms with Crippen LogP contribution in [0.15, 0.2) is 28.8 Å². The highest BCUT2D eigenvalue weighted by Crippen LogP contribution is 2.27. The van der Waals surface area contributed by atoms with Crippen molar-refractivity contribution < 1.29 is 9.26 Å². The Hall–Kier alpha value is -1.88. The van der Waals surface area contributed by atoms with Gasteiger partial charge in [-0.2, -0.15) is 4.98 Å². The maximum absolute atomic E-state index is 5.29. The fourth-order valence-electron chi connectivity index (χ4n) is 1.96. The molecule has 0 aliphatic rings. The Morgan fingerprint density at radius 1 is 1.37 bits per heavy atom. The quantitative estimate of drug-likeness (QED) is 0.864. The molecule has 2 rings (SSSR count). The Morgan fingerprint density at radius 2 is 2.16 bits per heavy atom. The number of hydrogen-bond acceptors (Lipinski definition) is 5. The molecule has 1 atom stereocenters. The number of rotatable bonds is 6. The van der Waals surface area contributed by atoms with Gasteiger partial charge in [0.1, 0.15) is 5.75 Å². The minimum atomic E-state index is 0.316. The minimum Gasteiger partial charge on any atom is -0.496 e. The molecule has 1 unspecified atom stereocenters. The van der Waals surface area contributed by atoms with E-state index in [0.717, 1.165) is 24.3 Å². The maximum Gasteiger partial charge on any atom is 0.228 e. The molecule has 0 aliphatic heterocycles. The Bertz CT molecular complexity index is 525. The molecule has 102 valence electrons. The lowest BCUT2D eigenvalue weighted by Gasteiger charge is -2.07. The Morgan fingerprint density at radius 3 is 2.89 bits per heavy atom. The van der Waals surface area contributed by atoms with Crippen molar-refractivity contribution >= 4 is 0 Å². The first kappa shape index (κ1) is 13.5. The van der Waals surface area contributed by atoms with Crippen LogP contribution in [0.4, 0.5) is 0 Å². The predicted molar refractivity (Wildman–Crippen MR) is 73.1 cm³/mol. The highest BCUT2D eigenvalue weighted by atomic mass is 16.5. The highest BCUT2D eigenvalue weighted by molar-refractivity contribution is 5.63. The molecular formula is C14H19N3O2. The summed E-state index contributed by atoms with van der Waals surface area (Å²) in [5.41, 5.74) is 0.844. The van der Waals surface area contributed by atoms with Crippen LogP contribution in [0.25, 0.3) is 11.4 Å². The van der Waals surface area contributed by atoms with Crippen LogP contribution in [0.2, 0.25) is 0 Å². The van der Waals surface area contributed by atoms with Gasteiger partial charge in [0.05, 0.1) is 12.7 Å². The van der Waals surface area contributed by atoms with Gasteiger partial charge in [0.15, 0.2) is 0 Å². The molecule has 0 aliphatic carbocycles. The lowest BCUT2D eigenvalue weighted by Crippen LogP contribution is -2.27. The molecule has 1 aromatic carbocycles. The standard InChI is InChI=1S/C14H19N3O2/c1-4-15-10(2)9-13-16-14(17-19-13)11-7-5-6-8-12(11)18-3/h5-8,10,15H,4,9H2,1-3H3. The first-order valence-corrected chi connectivity index (χ1v) is 6.44. The smallest absolute Gasteiger partial charge is 0.228 e. The van der Waals surface area contributed by atoms with Crippen molar-refractivity contribution in [3.05, 3.63) is 30.2 Å². The van der Waals surface area contributed by atoms with Crippen molar-refractivity contribution in [3.8, 4) is 17.1 Å². The van der Waals surface area contributed by atoms with Gasteiger partial charge in [0, 0.05) is 12.5 Å². The molecule has 0 bridgehead atoms. The third-order valence-corrected chi connectivity index (χ3v) is 2.85. The summed E-state index contributed by atoms with van der Waals surface area (Å²) in [6.07, 6.45) is 0.718. The summed E-state index contributed by atoms with van der Waals surface area (Å²) in [6, 6.07) is 7.95. The molecule has 19 heavy (non-hydrogen) atoms. The molecule has 1 aromatic heterocycles. The molecule has 0 saturated heterocycles. The second-order valence-electron chi connectivity index (χ2n) is 4.37. The molecule has 0 radical (unpaired) electrons. The van der Waals surface area contributed by atoms with E-state index < -0.39 is 0 Å². The lowest BCUT2D eigenvalue weighted by atomic mass is 10.2. The van der Waals surface area contributed by atoms with Gasteiger partial charge in [-0.05, 0) is 25.6 Å². The van der Waals surface area contributed by atoms with Gasteiger partial charge < -0.3 is 14.6 Å². The number of likely N-dealkylation sites (N-methyl/N-ethyl adjacent to an activating group) is 1. The zero-order chi connectivity index (χ0) is 13.7. The van der Waals surface area contributed by atoms with E-state index in [2.05, 4.69) is 29.3 Å². The molecule has 0 fully saturated rings. The highest BCUT2D eigenvalue weighted by Gasteiger charge is 2.14. The van der Waals surface area contributed by atoms with Crippen molar-refractivity contribution in [1.29, 1.82) is 0 Å². The van der Waals surface area contributed by atoms with Crippen LogP contribution in [0, 0.1) is 0 Å². The van der Waals surface area contributed by atoms with E-state index in [-0.39, 0.29) is 0 Å². The summed E-state index contributed by atoms with van der Waals surface area (Å²) in [5.74, 6) is 1.94. The normalized spacial score (nSPS) is 12.4. The Balaban J connectivity index is 2.16. The van der Waals surface area contributed by atoms with Crippen molar-refractivity contribution in [2.75, 3.05) is 13.7 Å². The van der Waals surface area contributed by atoms with Gasteiger partial charge in [-0.15, -0.1) is 0 Å². The fraction of sp³-hybridized carbons (Fsp3) is 0.429. The van der Waals surface area contributed by atoms with Crippen LogP contribution in [0.5, 0.6) is 5.75 Å². The number of hydrogen-bond donors (Lipinski definition) is 1. The zero-order valence-electron chi connectivity index (χ0n) is 11.5. The van der Waals surface area contributed by atoms with Crippen LogP contribution in [0.1, 0.15) is 19.7 Å². The van der Waals surface area contributed by atoms with E-state index in [9.17, 15) is 0 Å². The maximum atomic E-state index is 5.29. The van der Waals surface area contributed by atoms with E-state index in [4.69, 9.17) is 9.26 Å². The van der Waals surface area contributed by atoms with Crippen molar-refractivity contribution in [2.24, 2.45) is 0 Å². The molecule has 1 heterocycles. The van der Waals surface area contributed by atoms with Crippen molar-refractivity contribution in [3.63, 3.8) is 0 Å². The number of benzene rings is 1. The van der Waals surface area contributed by atoms with Crippen LogP contribution < -0.4 is 10.1 Å². The van der Waals surface area contributed by atoms with Crippen LogP contribution in [-0.2, 0) is 6.42 Å². The van der Waals surface area contributed by atoms with Gasteiger partial charge in [-0.1, -0.05) is 24.2 Å². The van der Waals surface area contributed by atoms with E-state index >= 15 is 0 Å². The Labute approximate surface area is 113 Å². The van der Waals surface area contributed by atoms with Crippen LogP contribution in [0.3, 0.4) is 0 Å². The summed E-state index contributed by atoms with van der Waals surface area (Å²) < 4.78 is 10.6. The molecule has 1 N–H and O–H groups in total. The molecule has 0 amide bonds. The first-order chi connectivity index (χ1) is 9.24. The first-order valence-electron chi connectivity index (χ1n) is 6.44. The number of aromatic nitrogens is 2. The number of para-hydroxylation sites is 1. The summed E-state index contributed by atoms with van der Waals surface area (Å²) in [4.78, 5) is 4.41. The van der Waals surface area contributed by atoms with E-state index in [1.807, 2.05) is 24.3 Å². The largest absolute Gasteiger partial charge is 0.496 e. The average Bonchev–Trinajstić information content (AvgIpc) is 2.87. The number of methoxy groups -OCH3 is 1. The molecule has 0 saturated carbocycles. The molecular weight excluding hydrogens is 242 g/mol. The SMILES string of the molecule is CCNC(C)Cc1nc(-c2ccccc2OC)no1. The zero-order valence-corrected chi connectivity index (χ0v) is 11.5. The topological polar surface area (TPSA) is 60.2 Å². The van der Waals surface area contributed by atoms with Gasteiger partial charge >= 0.3 is 0 Å². The van der Waals surface area contributed by atoms with E-state index in [1.54, 1.807) is 7.11 Å². The molecule has 5 nitrogen and oxygen atoms in total. The minimum absolute atomic E-state index is 0.316. The predicted octanol–water partition coefficient (Wildman–Crippen LogP) is 2.29. The molecule has 5 heteroatoms. The van der Waals surface area contributed by atoms with Crippen molar-refractivity contribution in [2.45, 2.75) is 26.3 Å². The van der Waals surface area contributed by atoms with Crippen LogP contribution in [-0.4, -0.2) is 29.8 Å². The summed E-state index contributed by atoms with van der Waals surface area (Å²) in [5, 5.41) is 7.33. The van der Waals surface area contributed by atoms with Gasteiger partial charge in [0.2, 0.25) is 11.7 Å². The average molecular weight is 261 g/mol. The lowest BCUT2D eigenvalue weighted by molar-refractivity contribution is 0.362. The van der Waals surface area contributed by atoms with E-state index in [0.29, 0.717) is 17.8 Å². The molecule has 0 spiro atoms. The third-order valence-electron chi connectivity index (χ3n) is 2.85. The second kappa shape index (κ2) is 6.33. The molecule has 2 aromatic rings. The summed E-state index contributed by atoms with van der Waals surface area (Å²) in [7, 11) is 1.63. The van der Waals surface area contributed by atoms with Gasteiger partial charge in [0.25, 0.3) is 0 Å². The van der Waals surface area contributed by atoms with Crippen molar-refractivity contribution in [1.82, 2.24) is 15.5 Å². The number of ether oxygens (including phenoxy) is 1. The number of nitrogens with one attached hydrogen (secondary N) is 1. The van der Waals surface area contributed by atoms with E-state index in [1.165, 1.54) is 0 Å².